The van der Waals surface area contributed by atoms with E-state index < -0.39 is 40.0 Å². The zero-order valence-electron chi connectivity index (χ0n) is 17.0. The summed E-state index contributed by atoms with van der Waals surface area (Å²) in [6.07, 6.45) is 1.85. The van der Waals surface area contributed by atoms with E-state index in [9.17, 15) is 27.6 Å². The molecule has 2 aromatic rings. The summed E-state index contributed by atoms with van der Waals surface area (Å²) in [7, 11) is -3.11. The van der Waals surface area contributed by atoms with Crippen molar-refractivity contribution in [3.05, 3.63) is 47.2 Å². The Morgan fingerprint density at radius 3 is 2.48 bits per heavy atom. The molecular formula is C20H21N3O7S. The minimum atomic E-state index is -3.11. The van der Waals surface area contributed by atoms with Gasteiger partial charge in [-0.2, -0.15) is 0 Å². The molecule has 0 N–H and O–H groups in total. The minimum Gasteiger partial charge on any atom is -0.467 e. The van der Waals surface area contributed by atoms with Crippen molar-refractivity contribution < 1.29 is 32.0 Å². The lowest BCUT2D eigenvalue weighted by atomic mass is 10.1. The highest BCUT2D eigenvalue weighted by Crippen LogP contribution is 2.29. The Balaban J connectivity index is 1.53. The number of rotatable bonds is 6. The third-order valence-corrected chi connectivity index (χ3v) is 7.44. The van der Waals surface area contributed by atoms with Gasteiger partial charge >= 0.3 is 17.8 Å². The Labute approximate surface area is 178 Å². The minimum absolute atomic E-state index is 0.0102. The standard InChI is InChI=1S/C20H21N3O7S/c1-12-8-16(13(2)23(12)14-5-7-31(28,29)11-14)17(24)10-22-19(26)18(25)21(20(22)27)9-15-4-3-6-30-15/h3-4,6,8,14H,5,7,9-11H2,1-2H3/t14-/m1/s1. The lowest BCUT2D eigenvalue weighted by Crippen LogP contribution is -2.37. The predicted molar refractivity (Wildman–Crippen MR) is 107 cm³/mol. The topological polar surface area (TPSA) is 127 Å². The SMILES string of the molecule is Cc1cc(C(=O)CN2C(=O)C(=O)N(Cc3ccco3)C2=O)c(C)n1[C@@H]1CCS(=O)(=O)C1. The second-order valence-electron chi connectivity index (χ2n) is 7.78. The Bertz CT molecular complexity index is 1190. The molecule has 2 aromatic heterocycles. The van der Waals surface area contributed by atoms with E-state index in [1.54, 1.807) is 32.0 Å². The molecule has 11 heteroatoms. The van der Waals surface area contributed by atoms with Crippen molar-refractivity contribution in [2.75, 3.05) is 18.1 Å². The van der Waals surface area contributed by atoms with Gasteiger partial charge in [0, 0.05) is 23.0 Å². The van der Waals surface area contributed by atoms with E-state index in [1.165, 1.54) is 6.26 Å². The molecule has 2 saturated heterocycles. The number of carbonyl (C=O) groups is 4. The van der Waals surface area contributed by atoms with E-state index in [0.29, 0.717) is 28.3 Å². The van der Waals surface area contributed by atoms with Gasteiger partial charge in [-0.3, -0.25) is 14.4 Å². The number of carbonyl (C=O) groups excluding carboxylic acids is 4. The second kappa shape index (κ2) is 7.49. The van der Waals surface area contributed by atoms with Crippen LogP contribution in [0, 0.1) is 13.8 Å². The van der Waals surface area contributed by atoms with Crippen LogP contribution in [-0.4, -0.2) is 64.5 Å². The number of amides is 4. The molecule has 0 radical (unpaired) electrons. The summed E-state index contributed by atoms with van der Waals surface area (Å²) in [5.41, 5.74) is 1.58. The third kappa shape index (κ3) is 3.69. The average Bonchev–Trinajstić information content (AvgIpc) is 3.44. The molecular weight excluding hydrogens is 426 g/mol. The van der Waals surface area contributed by atoms with Crippen molar-refractivity contribution in [1.29, 1.82) is 0 Å². The fraction of sp³-hybridized carbons (Fsp3) is 0.400. The number of aromatic nitrogens is 1. The quantitative estimate of drug-likeness (QED) is 0.370. The summed E-state index contributed by atoms with van der Waals surface area (Å²) in [5.74, 6) is -2.15. The van der Waals surface area contributed by atoms with E-state index in [-0.39, 0.29) is 24.1 Å². The number of ketones is 1. The van der Waals surface area contributed by atoms with Crippen LogP contribution >= 0.6 is 0 Å². The molecule has 0 saturated carbocycles. The molecule has 0 aromatic carbocycles. The van der Waals surface area contributed by atoms with Gasteiger partial charge in [0.1, 0.15) is 5.76 Å². The van der Waals surface area contributed by atoms with Gasteiger partial charge in [-0.15, -0.1) is 0 Å². The van der Waals surface area contributed by atoms with Crippen LogP contribution in [0.5, 0.6) is 0 Å². The zero-order chi connectivity index (χ0) is 22.5. The normalized spacial score (nSPS) is 20.8. The molecule has 1 atom stereocenters. The average molecular weight is 447 g/mol. The Morgan fingerprint density at radius 1 is 1.16 bits per heavy atom. The summed E-state index contributed by atoms with van der Waals surface area (Å²) in [4.78, 5) is 51.4. The Hall–Kier alpha value is -3.21. The summed E-state index contributed by atoms with van der Waals surface area (Å²) in [6, 6.07) is 3.64. The highest BCUT2D eigenvalue weighted by atomic mass is 32.2. The largest absolute Gasteiger partial charge is 0.467 e. The summed E-state index contributed by atoms with van der Waals surface area (Å²) in [6.45, 7) is 2.69. The van der Waals surface area contributed by atoms with Crippen molar-refractivity contribution in [1.82, 2.24) is 14.4 Å². The van der Waals surface area contributed by atoms with Crippen LogP contribution in [0.15, 0.2) is 28.9 Å². The van der Waals surface area contributed by atoms with Crippen LogP contribution in [0.3, 0.4) is 0 Å². The number of Topliss-reactive ketones (excluding diaryl/α,β-unsaturated/α-hetero) is 1. The van der Waals surface area contributed by atoms with E-state index in [2.05, 4.69) is 0 Å². The first-order chi connectivity index (χ1) is 14.6. The molecule has 0 spiro atoms. The molecule has 10 nitrogen and oxygen atoms in total. The van der Waals surface area contributed by atoms with E-state index >= 15 is 0 Å². The van der Waals surface area contributed by atoms with Crippen LogP contribution in [0.2, 0.25) is 0 Å². The maximum Gasteiger partial charge on any atom is 0.335 e. The van der Waals surface area contributed by atoms with Gasteiger partial charge in [-0.05, 0) is 38.5 Å². The molecule has 2 fully saturated rings. The summed E-state index contributed by atoms with van der Waals surface area (Å²) in [5, 5.41) is 0. The van der Waals surface area contributed by atoms with Gasteiger partial charge in [-0.25, -0.2) is 23.0 Å². The fourth-order valence-electron chi connectivity index (χ4n) is 4.22. The van der Waals surface area contributed by atoms with Gasteiger partial charge < -0.3 is 8.98 Å². The maximum absolute atomic E-state index is 12.9. The molecule has 0 aliphatic carbocycles. The zero-order valence-corrected chi connectivity index (χ0v) is 17.8. The van der Waals surface area contributed by atoms with Crippen LogP contribution in [0.1, 0.15) is 40.0 Å². The molecule has 164 valence electrons. The lowest BCUT2D eigenvalue weighted by Gasteiger charge is -2.17. The van der Waals surface area contributed by atoms with Crippen LogP contribution in [-0.2, 0) is 26.0 Å². The van der Waals surface area contributed by atoms with E-state index in [4.69, 9.17) is 4.42 Å². The molecule has 2 aliphatic heterocycles. The Morgan fingerprint density at radius 2 is 1.87 bits per heavy atom. The number of sulfone groups is 1. The first-order valence-electron chi connectivity index (χ1n) is 9.71. The highest BCUT2D eigenvalue weighted by Gasteiger charge is 2.45. The fourth-order valence-corrected chi connectivity index (χ4v) is 5.92. The van der Waals surface area contributed by atoms with Gasteiger partial charge in [0.2, 0.25) is 0 Å². The smallest absolute Gasteiger partial charge is 0.335 e. The van der Waals surface area contributed by atoms with Crippen molar-refractivity contribution in [3.8, 4) is 0 Å². The number of urea groups is 1. The molecule has 0 unspecified atom stereocenters. The van der Waals surface area contributed by atoms with Gasteiger partial charge in [0.25, 0.3) is 0 Å². The van der Waals surface area contributed by atoms with Crippen molar-refractivity contribution >= 4 is 33.5 Å². The first kappa shape index (κ1) is 21.0. The maximum atomic E-state index is 12.9. The number of hydrogen-bond acceptors (Lipinski definition) is 7. The van der Waals surface area contributed by atoms with Gasteiger partial charge in [0.05, 0.1) is 30.9 Å². The predicted octanol–water partition coefficient (Wildman–Crippen LogP) is 1.23. The first-order valence-corrected chi connectivity index (χ1v) is 11.5. The second-order valence-corrected chi connectivity index (χ2v) is 10.0. The molecule has 4 heterocycles. The number of aryl methyl sites for hydroxylation is 1. The number of imide groups is 2. The lowest BCUT2D eigenvalue weighted by molar-refractivity contribution is -0.143. The van der Waals surface area contributed by atoms with Crippen molar-refractivity contribution in [2.45, 2.75) is 32.9 Å². The van der Waals surface area contributed by atoms with E-state index in [0.717, 1.165) is 10.6 Å². The number of hydrogen-bond donors (Lipinski definition) is 0. The Kier molecular flexibility index (Phi) is 5.08. The third-order valence-electron chi connectivity index (χ3n) is 5.69. The molecule has 4 amide bonds. The molecule has 2 aliphatic rings. The van der Waals surface area contributed by atoms with Crippen LogP contribution < -0.4 is 0 Å². The van der Waals surface area contributed by atoms with Gasteiger partial charge in [0.15, 0.2) is 15.6 Å². The monoisotopic (exact) mass is 447 g/mol. The number of furan rings is 1. The van der Waals surface area contributed by atoms with Crippen molar-refractivity contribution in [3.63, 3.8) is 0 Å². The molecule has 0 bridgehead atoms. The molecule has 4 rings (SSSR count). The highest BCUT2D eigenvalue weighted by molar-refractivity contribution is 7.91. The number of nitrogens with zero attached hydrogens (tertiary/aromatic N) is 3. The van der Waals surface area contributed by atoms with Gasteiger partial charge in [-0.1, -0.05) is 0 Å². The summed E-state index contributed by atoms with van der Waals surface area (Å²) >= 11 is 0. The van der Waals surface area contributed by atoms with Crippen LogP contribution in [0.25, 0.3) is 0 Å². The van der Waals surface area contributed by atoms with Crippen molar-refractivity contribution in [2.24, 2.45) is 0 Å². The summed E-state index contributed by atoms with van der Waals surface area (Å²) < 4.78 is 30.6. The van der Waals surface area contributed by atoms with Crippen LogP contribution in [0.4, 0.5) is 4.79 Å². The van der Waals surface area contributed by atoms with E-state index in [1.807, 2.05) is 4.57 Å². The molecule has 31 heavy (non-hydrogen) atoms.